The fraction of sp³-hybridized carbons (Fsp3) is 0.812. The van der Waals surface area contributed by atoms with Crippen LogP contribution in [0.15, 0.2) is 23.3 Å². The Labute approximate surface area is 208 Å². The van der Waals surface area contributed by atoms with E-state index in [1.165, 1.54) is 32.1 Å². The summed E-state index contributed by atoms with van der Waals surface area (Å²) in [5.41, 5.74) is 3.79. The van der Waals surface area contributed by atoms with Gasteiger partial charge in [0.1, 0.15) is 0 Å². The summed E-state index contributed by atoms with van der Waals surface area (Å²) in [6, 6.07) is 0. The maximum absolute atomic E-state index is 11.2. The van der Waals surface area contributed by atoms with Crippen LogP contribution in [0, 0.1) is 62.6 Å². The largest absolute Gasteiger partial charge is 0.396 e. The van der Waals surface area contributed by atoms with E-state index < -0.39 is 6.10 Å². The van der Waals surface area contributed by atoms with Gasteiger partial charge in [-0.2, -0.15) is 0 Å². The Kier molecular flexibility index (Phi) is 5.26. The van der Waals surface area contributed by atoms with Crippen molar-refractivity contribution in [1.29, 1.82) is 0 Å². The molecule has 2 nitrogen and oxygen atoms in total. The highest BCUT2D eigenvalue weighted by molar-refractivity contribution is 5.45. The summed E-state index contributed by atoms with van der Waals surface area (Å²) in [6.07, 6.45) is 19.9. The number of terminal acetylenes is 1. The highest BCUT2D eigenvalue weighted by atomic mass is 16.3. The molecule has 0 radical (unpaired) electrons. The van der Waals surface area contributed by atoms with E-state index in [4.69, 9.17) is 6.42 Å². The first-order chi connectivity index (χ1) is 15.7. The molecule has 0 aromatic rings. The van der Waals surface area contributed by atoms with Gasteiger partial charge >= 0.3 is 0 Å². The number of aliphatic hydroxyl groups excluding tert-OH is 2. The Balaban J connectivity index is 1.65. The Morgan fingerprint density at radius 2 is 1.68 bits per heavy atom. The summed E-state index contributed by atoms with van der Waals surface area (Å²) in [5, 5.41) is 21.4. The Morgan fingerprint density at radius 3 is 2.32 bits per heavy atom. The minimum Gasteiger partial charge on any atom is -0.396 e. The molecular weight excluding hydrogens is 416 g/mol. The van der Waals surface area contributed by atoms with Crippen molar-refractivity contribution in [2.45, 2.75) is 106 Å². The highest BCUT2D eigenvalue weighted by Gasteiger charge is 2.67. The number of fused-ring (bicyclic) bond motifs is 6. The van der Waals surface area contributed by atoms with Gasteiger partial charge in [-0.1, -0.05) is 66.2 Å². The zero-order chi connectivity index (χ0) is 24.9. The Morgan fingerprint density at radius 1 is 1.00 bits per heavy atom. The molecule has 0 aromatic carbocycles. The van der Waals surface area contributed by atoms with E-state index in [1.807, 2.05) is 0 Å². The first-order valence-corrected chi connectivity index (χ1v) is 13.9. The van der Waals surface area contributed by atoms with Crippen molar-refractivity contribution < 1.29 is 10.2 Å². The molecule has 3 fully saturated rings. The zero-order valence-electron chi connectivity index (χ0n) is 22.8. The molecule has 188 valence electrons. The molecule has 0 spiro atoms. The Bertz CT molecular complexity index is 981. The first-order valence-electron chi connectivity index (χ1n) is 13.9. The predicted molar refractivity (Wildman–Crippen MR) is 140 cm³/mol. The quantitative estimate of drug-likeness (QED) is 0.413. The SMILES string of the molecule is C#C[C@@H]1C[C@@]2(C)[C@H](CC[C@]3(C)[C@H]2C=CC2=C4C[C@@](C)(CO)CC[C@]4(C)CC[C@]23C)C(C)(C)[C@H]1O. The van der Waals surface area contributed by atoms with Gasteiger partial charge < -0.3 is 10.2 Å². The topological polar surface area (TPSA) is 40.5 Å². The summed E-state index contributed by atoms with van der Waals surface area (Å²) < 4.78 is 0. The third-order valence-electron chi connectivity index (χ3n) is 12.9. The normalized spacial score (nSPS) is 53.8. The molecule has 5 rings (SSSR count). The van der Waals surface area contributed by atoms with Gasteiger partial charge in [0, 0.05) is 12.5 Å². The minimum absolute atomic E-state index is 0.0128. The zero-order valence-corrected chi connectivity index (χ0v) is 22.8. The van der Waals surface area contributed by atoms with Crippen LogP contribution in [-0.2, 0) is 0 Å². The number of allylic oxidation sites excluding steroid dienone is 4. The maximum Gasteiger partial charge on any atom is 0.0731 e. The third-order valence-corrected chi connectivity index (χ3v) is 12.9. The standard InChI is InChI=1S/C32H48O2/c1-9-21-18-30(6)24(27(2,3)26(21)34)12-13-32(8)25(30)11-10-22-23-19-28(4,20-33)14-15-29(23,5)16-17-31(22,32)7/h1,10-11,21,24-26,33-34H,12-20H2,2-8H3/t21-,24-,25+,26+,28+,29-,30+,31-,32-/m1/s1. The molecule has 0 bridgehead atoms. The second-order valence-corrected chi connectivity index (χ2v) is 15.0. The van der Waals surface area contributed by atoms with E-state index >= 15 is 0 Å². The molecular formula is C32H48O2. The number of hydrogen-bond acceptors (Lipinski definition) is 2. The average Bonchev–Trinajstić information content (AvgIpc) is 2.78. The lowest BCUT2D eigenvalue weighted by Crippen LogP contribution is -2.64. The first kappa shape index (κ1) is 24.6. The van der Waals surface area contributed by atoms with Crippen LogP contribution in [0.3, 0.4) is 0 Å². The molecule has 2 N–H and O–H groups in total. The van der Waals surface area contributed by atoms with Crippen molar-refractivity contribution in [3.05, 3.63) is 23.3 Å². The van der Waals surface area contributed by atoms with Gasteiger partial charge in [0.15, 0.2) is 0 Å². The number of hydrogen-bond donors (Lipinski definition) is 2. The fourth-order valence-electron chi connectivity index (χ4n) is 10.2. The molecule has 0 unspecified atom stereocenters. The van der Waals surface area contributed by atoms with Crippen molar-refractivity contribution in [1.82, 2.24) is 0 Å². The summed E-state index contributed by atoms with van der Waals surface area (Å²) in [6.45, 7) is 17.2. The van der Waals surface area contributed by atoms with Gasteiger partial charge in [-0.15, -0.1) is 12.3 Å². The van der Waals surface area contributed by atoms with Crippen molar-refractivity contribution in [2.75, 3.05) is 6.61 Å². The smallest absolute Gasteiger partial charge is 0.0731 e. The summed E-state index contributed by atoms with van der Waals surface area (Å²) >= 11 is 0. The van der Waals surface area contributed by atoms with Crippen LogP contribution >= 0.6 is 0 Å². The van der Waals surface area contributed by atoms with Crippen LogP contribution in [0.1, 0.15) is 99.8 Å². The molecule has 0 saturated heterocycles. The van der Waals surface area contributed by atoms with Crippen molar-refractivity contribution in [3.8, 4) is 12.3 Å². The predicted octanol–water partition coefficient (Wildman–Crippen LogP) is 6.92. The monoisotopic (exact) mass is 464 g/mol. The summed E-state index contributed by atoms with van der Waals surface area (Å²) in [4.78, 5) is 0. The van der Waals surface area contributed by atoms with Gasteiger partial charge in [-0.3, -0.25) is 0 Å². The molecule has 2 heteroatoms. The number of aliphatic hydroxyl groups is 2. The lowest BCUT2D eigenvalue weighted by molar-refractivity contribution is -0.193. The fourth-order valence-corrected chi connectivity index (χ4v) is 10.2. The van der Waals surface area contributed by atoms with Crippen LogP contribution < -0.4 is 0 Å². The summed E-state index contributed by atoms with van der Waals surface area (Å²) in [7, 11) is 0. The van der Waals surface area contributed by atoms with Crippen molar-refractivity contribution in [2.24, 2.45) is 50.2 Å². The Hall–Kier alpha value is -1.04. The second kappa shape index (κ2) is 7.26. The lowest BCUT2D eigenvalue weighted by Gasteiger charge is -2.70. The molecule has 34 heavy (non-hydrogen) atoms. The van der Waals surface area contributed by atoms with E-state index in [9.17, 15) is 10.2 Å². The van der Waals surface area contributed by atoms with Crippen LogP contribution in [0.5, 0.6) is 0 Å². The van der Waals surface area contributed by atoms with Crippen molar-refractivity contribution >= 4 is 0 Å². The van der Waals surface area contributed by atoms with Gasteiger partial charge in [0.2, 0.25) is 0 Å². The van der Waals surface area contributed by atoms with Crippen LogP contribution in [0.4, 0.5) is 0 Å². The van der Waals surface area contributed by atoms with Crippen LogP contribution in [0.25, 0.3) is 0 Å². The second-order valence-electron chi connectivity index (χ2n) is 15.0. The molecule has 0 aromatic heterocycles. The molecule has 3 saturated carbocycles. The average molecular weight is 465 g/mol. The van der Waals surface area contributed by atoms with E-state index in [0.717, 1.165) is 19.3 Å². The highest BCUT2D eigenvalue weighted by Crippen LogP contribution is 2.74. The third kappa shape index (κ3) is 2.90. The summed E-state index contributed by atoms with van der Waals surface area (Å²) in [5.74, 6) is 3.86. The van der Waals surface area contributed by atoms with Crippen LogP contribution in [-0.4, -0.2) is 22.9 Å². The molecule has 5 aliphatic carbocycles. The molecule has 5 aliphatic rings. The molecule has 0 amide bonds. The van der Waals surface area contributed by atoms with Crippen LogP contribution in [0.2, 0.25) is 0 Å². The van der Waals surface area contributed by atoms with E-state index in [-0.39, 0.29) is 45.0 Å². The van der Waals surface area contributed by atoms with Gasteiger partial charge in [0.25, 0.3) is 0 Å². The molecule has 0 aliphatic heterocycles. The van der Waals surface area contributed by atoms with E-state index in [0.29, 0.717) is 11.8 Å². The van der Waals surface area contributed by atoms with E-state index in [2.05, 4.69) is 66.5 Å². The van der Waals surface area contributed by atoms with Crippen molar-refractivity contribution in [3.63, 3.8) is 0 Å². The minimum atomic E-state index is -0.422. The van der Waals surface area contributed by atoms with Gasteiger partial charge in [0.05, 0.1) is 6.10 Å². The van der Waals surface area contributed by atoms with Gasteiger partial charge in [-0.05, 0) is 101 Å². The lowest BCUT2D eigenvalue weighted by atomic mass is 9.34. The molecule has 0 heterocycles. The van der Waals surface area contributed by atoms with E-state index in [1.54, 1.807) is 11.1 Å². The maximum atomic E-state index is 11.2. The molecule has 9 atom stereocenters. The number of rotatable bonds is 1. The van der Waals surface area contributed by atoms with Gasteiger partial charge in [-0.25, -0.2) is 0 Å².